The van der Waals surface area contributed by atoms with Crippen LogP contribution in [0, 0.1) is 0 Å². The maximum atomic E-state index is 12.4. The summed E-state index contributed by atoms with van der Waals surface area (Å²) in [6.07, 6.45) is -3.48. The summed E-state index contributed by atoms with van der Waals surface area (Å²) in [5.74, 6) is 0.585. The monoisotopic (exact) mass is 358 g/mol. The Bertz CT molecular complexity index is 536. The van der Waals surface area contributed by atoms with Crippen LogP contribution in [0.2, 0.25) is 0 Å². The lowest BCUT2D eigenvalue weighted by Crippen LogP contribution is -2.46. The number of nitrogens with one attached hydrogen (secondary N) is 2. The topological polar surface area (TPSA) is 48.9 Å². The van der Waals surface area contributed by atoms with Crippen LogP contribution in [0.5, 0.6) is 0 Å². The summed E-state index contributed by atoms with van der Waals surface area (Å²) < 4.78 is 42.8. The van der Waals surface area contributed by atoms with Gasteiger partial charge in [0.05, 0.1) is 19.8 Å². The summed E-state index contributed by atoms with van der Waals surface area (Å²) >= 11 is 0. The van der Waals surface area contributed by atoms with Gasteiger partial charge in [-0.2, -0.15) is 13.2 Å². The molecule has 2 N–H and O–H groups in total. The lowest BCUT2D eigenvalue weighted by Gasteiger charge is -2.19. The van der Waals surface area contributed by atoms with Crippen LogP contribution >= 0.6 is 0 Å². The number of ether oxygens (including phenoxy) is 1. The first-order valence-electron chi connectivity index (χ1n) is 8.34. The van der Waals surface area contributed by atoms with Crippen LogP contribution < -0.4 is 10.6 Å². The van der Waals surface area contributed by atoms with E-state index in [1.54, 1.807) is 7.05 Å². The van der Waals surface area contributed by atoms with E-state index in [2.05, 4.69) is 15.6 Å². The van der Waals surface area contributed by atoms with Gasteiger partial charge < -0.3 is 15.4 Å². The summed E-state index contributed by atoms with van der Waals surface area (Å²) in [6, 6.07) is 9.86. The normalized spacial score (nSPS) is 19.2. The standard InChI is InChI=1S/C17H25F3N4O/c1-21-16(22-8-10-25-12-14-5-3-2-4-6-14)23-15-7-9-24(11-15)13-17(18,19)20/h2-6,15H,7-13H2,1H3,(H2,21,22,23). The van der Waals surface area contributed by atoms with Crippen LogP contribution in [0.15, 0.2) is 35.3 Å². The number of nitrogens with zero attached hydrogens (tertiary/aromatic N) is 2. The second-order valence-corrected chi connectivity index (χ2v) is 6.02. The highest BCUT2D eigenvalue weighted by Crippen LogP contribution is 2.19. The number of aliphatic imine (C=N–C) groups is 1. The van der Waals surface area contributed by atoms with Crippen molar-refractivity contribution in [2.24, 2.45) is 4.99 Å². The summed E-state index contributed by atoms with van der Waals surface area (Å²) in [5, 5.41) is 6.28. The molecule has 0 aromatic heterocycles. The Hall–Kier alpha value is -1.80. The lowest BCUT2D eigenvalue weighted by molar-refractivity contribution is -0.143. The summed E-state index contributed by atoms with van der Waals surface area (Å²) in [7, 11) is 1.64. The number of alkyl halides is 3. The van der Waals surface area contributed by atoms with E-state index in [4.69, 9.17) is 4.74 Å². The summed E-state index contributed by atoms with van der Waals surface area (Å²) in [4.78, 5) is 5.52. The zero-order valence-corrected chi connectivity index (χ0v) is 14.4. The third kappa shape index (κ3) is 7.74. The van der Waals surface area contributed by atoms with Crippen molar-refractivity contribution in [3.63, 3.8) is 0 Å². The highest BCUT2D eigenvalue weighted by atomic mass is 19.4. The Morgan fingerprint density at radius 2 is 2.08 bits per heavy atom. The third-order valence-corrected chi connectivity index (χ3v) is 3.89. The number of likely N-dealkylation sites (tertiary alicyclic amines) is 1. The van der Waals surface area contributed by atoms with Gasteiger partial charge in [-0.1, -0.05) is 30.3 Å². The van der Waals surface area contributed by atoms with Gasteiger partial charge in [0.2, 0.25) is 0 Å². The molecule has 1 unspecified atom stereocenters. The minimum atomic E-state index is -4.15. The van der Waals surface area contributed by atoms with Gasteiger partial charge >= 0.3 is 6.18 Å². The average molecular weight is 358 g/mol. The Morgan fingerprint density at radius 3 is 2.76 bits per heavy atom. The Balaban J connectivity index is 1.61. The number of hydrogen-bond acceptors (Lipinski definition) is 3. The molecule has 8 heteroatoms. The van der Waals surface area contributed by atoms with Crippen molar-refractivity contribution < 1.29 is 17.9 Å². The van der Waals surface area contributed by atoms with Crippen LogP contribution in [-0.4, -0.2) is 62.9 Å². The summed E-state index contributed by atoms with van der Waals surface area (Å²) in [5.41, 5.74) is 1.11. The number of hydrogen-bond donors (Lipinski definition) is 2. The molecule has 0 bridgehead atoms. The number of guanidine groups is 1. The molecule has 0 saturated carbocycles. The molecule has 0 spiro atoms. The molecule has 2 rings (SSSR count). The minimum Gasteiger partial charge on any atom is -0.375 e. The largest absolute Gasteiger partial charge is 0.401 e. The predicted octanol–water partition coefficient (Wildman–Crippen LogP) is 2.00. The molecule has 0 amide bonds. The molecule has 1 aromatic carbocycles. The number of benzene rings is 1. The second kappa shape index (κ2) is 9.62. The molecule has 1 fully saturated rings. The predicted molar refractivity (Wildman–Crippen MR) is 91.5 cm³/mol. The van der Waals surface area contributed by atoms with E-state index >= 15 is 0 Å². The molecule has 1 saturated heterocycles. The summed E-state index contributed by atoms with van der Waals surface area (Å²) in [6.45, 7) is 1.58. The molecular weight excluding hydrogens is 333 g/mol. The van der Waals surface area contributed by atoms with Gasteiger partial charge in [0.1, 0.15) is 0 Å². The van der Waals surface area contributed by atoms with E-state index in [-0.39, 0.29) is 6.04 Å². The van der Waals surface area contributed by atoms with Crippen molar-refractivity contribution in [1.82, 2.24) is 15.5 Å². The Morgan fingerprint density at radius 1 is 1.32 bits per heavy atom. The molecular formula is C17H25F3N4O. The van der Waals surface area contributed by atoms with Crippen molar-refractivity contribution in [2.75, 3.05) is 39.8 Å². The molecule has 1 atom stereocenters. The van der Waals surface area contributed by atoms with Crippen LogP contribution in [0.25, 0.3) is 0 Å². The molecule has 1 aliphatic heterocycles. The van der Waals surface area contributed by atoms with Crippen LogP contribution in [0.1, 0.15) is 12.0 Å². The van der Waals surface area contributed by atoms with Crippen molar-refractivity contribution in [1.29, 1.82) is 0 Å². The van der Waals surface area contributed by atoms with Crippen molar-refractivity contribution in [3.05, 3.63) is 35.9 Å². The van der Waals surface area contributed by atoms with E-state index in [9.17, 15) is 13.2 Å². The smallest absolute Gasteiger partial charge is 0.375 e. The Kier molecular flexibility index (Phi) is 7.52. The molecule has 140 valence electrons. The van der Waals surface area contributed by atoms with Crippen molar-refractivity contribution in [2.45, 2.75) is 25.2 Å². The van der Waals surface area contributed by atoms with E-state index in [0.29, 0.717) is 45.2 Å². The third-order valence-electron chi connectivity index (χ3n) is 3.89. The number of rotatable bonds is 7. The zero-order chi connectivity index (χ0) is 18.1. The minimum absolute atomic E-state index is 0.0289. The average Bonchev–Trinajstić information content (AvgIpc) is 2.99. The van der Waals surface area contributed by atoms with E-state index < -0.39 is 12.7 Å². The maximum Gasteiger partial charge on any atom is 0.401 e. The van der Waals surface area contributed by atoms with Gasteiger partial charge in [-0.3, -0.25) is 9.89 Å². The van der Waals surface area contributed by atoms with Crippen molar-refractivity contribution >= 4 is 5.96 Å². The molecule has 0 aliphatic carbocycles. The SMILES string of the molecule is CN=C(NCCOCc1ccccc1)NC1CCN(CC(F)(F)F)C1. The number of halogens is 3. The molecule has 25 heavy (non-hydrogen) atoms. The molecule has 1 aromatic rings. The first kappa shape index (κ1) is 19.5. The van der Waals surface area contributed by atoms with Gasteiger partial charge in [0.15, 0.2) is 5.96 Å². The quantitative estimate of drug-likeness (QED) is 0.445. The molecule has 5 nitrogen and oxygen atoms in total. The van der Waals surface area contributed by atoms with Crippen LogP contribution in [0.3, 0.4) is 0 Å². The molecule has 1 heterocycles. The Labute approximate surface area is 146 Å². The maximum absolute atomic E-state index is 12.4. The van der Waals surface area contributed by atoms with Crippen molar-refractivity contribution in [3.8, 4) is 0 Å². The highest BCUT2D eigenvalue weighted by Gasteiger charge is 2.34. The molecule has 0 radical (unpaired) electrons. The van der Waals surface area contributed by atoms with Crippen LogP contribution in [-0.2, 0) is 11.3 Å². The fourth-order valence-electron chi connectivity index (χ4n) is 2.74. The van der Waals surface area contributed by atoms with Gasteiger partial charge in [-0.15, -0.1) is 0 Å². The first-order valence-corrected chi connectivity index (χ1v) is 8.34. The van der Waals surface area contributed by atoms with Gasteiger partial charge in [-0.05, 0) is 12.0 Å². The van der Waals surface area contributed by atoms with Crippen LogP contribution in [0.4, 0.5) is 13.2 Å². The highest BCUT2D eigenvalue weighted by molar-refractivity contribution is 5.80. The van der Waals surface area contributed by atoms with E-state index in [0.717, 1.165) is 5.56 Å². The zero-order valence-electron chi connectivity index (χ0n) is 14.4. The van der Waals surface area contributed by atoms with E-state index in [1.165, 1.54) is 4.90 Å². The van der Waals surface area contributed by atoms with Gasteiger partial charge in [0, 0.05) is 32.7 Å². The fraction of sp³-hybridized carbons (Fsp3) is 0.588. The molecule has 1 aliphatic rings. The van der Waals surface area contributed by atoms with Gasteiger partial charge in [-0.25, -0.2) is 0 Å². The first-order chi connectivity index (χ1) is 12.0. The second-order valence-electron chi connectivity index (χ2n) is 6.02. The lowest BCUT2D eigenvalue weighted by atomic mass is 10.2. The fourth-order valence-corrected chi connectivity index (χ4v) is 2.74. The van der Waals surface area contributed by atoms with E-state index in [1.807, 2.05) is 30.3 Å². The van der Waals surface area contributed by atoms with Gasteiger partial charge in [0.25, 0.3) is 0 Å².